The number of hydrogen-bond acceptors (Lipinski definition) is 4. The molecule has 1 saturated heterocycles. The zero-order valence-electron chi connectivity index (χ0n) is 15.5. The highest BCUT2D eigenvalue weighted by atomic mass is 32.1. The lowest BCUT2D eigenvalue weighted by molar-refractivity contribution is 0.0715. The maximum absolute atomic E-state index is 12.9. The van der Waals surface area contributed by atoms with Gasteiger partial charge in [0, 0.05) is 19.0 Å². The number of carbonyl (C=O) groups is 1. The van der Waals surface area contributed by atoms with Crippen molar-refractivity contribution in [3.8, 4) is 0 Å². The summed E-state index contributed by atoms with van der Waals surface area (Å²) in [5.74, 6) is 1.59. The molecule has 5 nitrogen and oxygen atoms in total. The normalized spacial score (nSPS) is 15.7. The Labute approximate surface area is 157 Å². The van der Waals surface area contributed by atoms with Gasteiger partial charge < -0.3 is 9.88 Å². The van der Waals surface area contributed by atoms with E-state index in [0.29, 0.717) is 5.92 Å². The van der Waals surface area contributed by atoms with Gasteiger partial charge in [0.2, 0.25) is 0 Å². The van der Waals surface area contributed by atoms with Gasteiger partial charge in [-0.2, -0.15) is 0 Å². The predicted octanol–water partition coefficient (Wildman–Crippen LogP) is 4.22. The van der Waals surface area contributed by atoms with Crippen molar-refractivity contribution in [2.24, 2.45) is 0 Å². The van der Waals surface area contributed by atoms with E-state index in [-0.39, 0.29) is 5.91 Å². The summed E-state index contributed by atoms with van der Waals surface area (Å²) in [6.07, 6.45) is 2.70. The molecule has 1 aliphatic heterocycles. The minimum Gasteiger partial charge on any atom is -0.342 e. The second kappa shape index (κ2) is 6.83. The molecule has 0 aliphatic carbocycles. The molecule has 1 aliphatic rings. The van der Waals surface area contributed by atoms with E-state index in [2.05, 4.69) is 42.0 Å². The zero-order valence-corrected chi connectivity index (χ0v) is 16.3. The number of carbonyl (C=O) groups excluding carboxylic acids is 1. The number of rotatable bonds is 3. The van der Waals surface area contributed by atoms with Crippen LogP contribution >= 0.6 is 11.3 Å². The number of aryl methyl sites for hydroxylation is 3. The number of aromatic nitrogens is 3. The molecular formula is C20H24N4OS. The van der Waals surface area contributed by atoms with Gasteiger partial charge in [-0.3, -0.25) is 4.79 Å². The SMILES string of the molecule is CCc1nc(C)sc1C(=O)N1CCC(c2nc3c(C)cccc3[nH]2)CC1. The van der Waals surface area contributed by atoms with Crippen LogP contribution in [0.2, 0.25) is 0 Å². The third kappa shape index (κ3) is 3.03. The number of piperidine rings is 1. The molecule has 136 valence electrons. The fraction of sp³-hybridized carbons (Fsp3) is 0.450. The molecule has 0 saturated carbocycles. The molecule has 2 aromatic heterocycles. The van der Waals surface area contributed by atoms with Crippen LogP contribution in [0.1, 0.15) is 57.4 Å². The number of nitrogens with zero attached hydrogens (tertiary/aromatic N) is 3. The summed E-state index contributed by atoms with van der Waals surface area (Å²) in [7, 11) is 0. The number of amides is 1. The first-order valence-electron chi connectivity index (χ1n) is 9.27. The van der Waals surface area contributed by atoms with Gasteiger partial charge in [0.25, 0.3) is 5.91 Å². The summed E-state index contributed by atoms with van der Waals surface area (Å²) in [6, 6.07) is 6.23. The second-order valence-electron chi connectivity index (χ2n) is 7.02. The molecule has 0 atom stereocenters. The number of H-pyrrole nitrogens is 1. The van der Waals surface area contributed by atoms with Crippen molar-refractivity contribution in [1.29, 1.82) is 0 Å². The molecule has 1 aromatic carbocycles. The molecule has 1 N–H and O–H groups in total. The molecule has 0 unspecified atom stereocenters. The molecule has 1 fully saturated rings. The molecule has 0 bridgehead atoms. The maximum Gasteiger partial charge on any atom is 0.265 e. The number of thiazole rings is 1. The average molecular weight is 369 g/mol. The number of likely N-dealkylation sites (tertiary alicyclic amines) is 1. The Balaban J connectivity index is 1.48. The van der Waals surface area contributed by atoms with E-state index in [9.17, 15) is 4.79 Å². The number of aromatic amines is 1. The third-order valence-electron chi connectivity index (χ3n) is 5.24. The van der Waals surface area contributed by atoms with Gasteiger partial charge >= 0.3 is 0 Å². The van der Waals surface area contributed by atoms with Gasteiger partial charge in [-0.1, -0.05) is 19.1 Å². The molecule has 0 spiro atoms. The zero-order chi connectivity index (χ0) is 18.3. The fourth-order valence-corrected chi connectivity index (χ4v) is 4.74. The lowest BCUT2D eigenvalue weighted by Crippen LogP contribution is -2.38. The Morgan fingerprint density at radius 3 is 2.73 bits per heavy atom. The predicted molar refractivity (Wildman–Crippen MR) is 105 cm³/mol. The third-order valence-corrected chi connectivity index (χ3v) is 6.24. The molecule has 26 heavy (non-hydrogen) atoms. The van der Waals surface area contributed by atoms with E-state index in [1.54, 1.807) is 0 Å². The van der Waals surface area contributed by atoms with Gasteiger partial charge in [0.05, 0.1) is 21.7 Å². The van der Waals surface area contributed by atoms with E-state index < -0.39 is 0 Å². The second-order valence-corrected chi connectivity index (χ2v) is 8.23. The molecule has 3 aromatic rings. The van der Waals surface area contributed by atoms with Crippen molar-refractivity contribution in [3.05, 3.63) is 45.2 Å². The first-order valence-corrected chi connectivity index (χ1v) is 10.1. The van der Waals surface area contributed by atoms with Crippen LogP contribution in [0.25, 0.3) is 11.0 Å². The van der Waals surface area contributed by atoms with Crippen LogP contribution in [-0.2, 0) is 6.42 Å². The Bertz CT molecular complexity index is 950. The smallest absolute Gasteiger partial charge is 0.265 e. The average Bonchev–Trinajstić information content (AvgIpc) is 3.25. The number of para-hydroxylation sites is 1. The van der Waals surface area contributed by atoms with Crippen LogP contribution in [0, 0.1) is 13.8 Å². The van der Waals surface area contributed by atoms with Crippen molar-refractivity contribution >= 4 is 28.3 Å². The first-order chi connectivity index (χ1) is 12.6. The molecule has 6 heteroatoms. The van der Waals surface area contributed by atoms with Gasteiger partial charge in [0.15, 0.2) is 0 Å². The van der Waals surface area contributed by atoms with Gasteiger partial charge in [-0.15, -0.1) is 11.3 Å². The van der Waals surface area contributed by atoms with Crippen LogP contribution in [0.3, 0.4) is 0 Å². The van der Waals surface area contributed by atoms with Gasteiger partial charge in [0.1, 0.15) is 10.7 Å². The van der Waals surface area contributed by atoms with Crippen molar-refractivity contribution < 1.29 is 4.79 Å². The van der Waals surface area contributed by atoms with Crippen LogP contribution in [-0.4, -0.2) is 38.8 Å². The van der Waals surface area contributed by atoms with E-state index in [1.807, 2.05) is 11.8 Å². The van der Waals surface area contributed by atoms with E-state index in [4.69, 9.17) is 4.98 Å². The summed E-state index contributed by atoms with van der Waals surface area (Å²) in [5.41, 5.74) is 4.30. The first kappa shape index (κ1) is 17.2. The highest BCUT2D eigenvalue weighted by Crippen LogP contribution is 2.30. The molecule has 1 amide bonds. The molecule has 0 radical (unpaired) electrons. The molecule has 4 rings (SSSR count). The van der Waals surface area contributed by atoms with Gasteiger partial charge in [-0.05, 0) is 44.7 Å². The minimum absolute atomic E-state index is 0.145. The monoisotopic (exact) mass is 368 g/mol. The summed E-state index contributed by atoms with van der Waals surface area (Å²) < 4.78 is 0. The summed E-state index contributed by atoms with van der Waals surface area (Å²) in [6.45, 7) is 7.67. The van der Waals surface area contributed by atoms with E-state index in [1.165, 1.54) is 16.9 Å². The van der Waals surface area contributed by atoms with Gasteiger partial charge in [-0.25, -0.2) is 9.97 Å². The van der Waals surface area contributed by atoms with Crippen LogP contribution in [0.4, 0.5) is 0 Å². The van der Waals surface area contributed by atoms with Crippen molar-refractivity contribution in [2.75, 3.05) is 13.1 Å². The van der Waals surface area contributed by atoms with Crippen LogP contribution in [0.5, 0.6) is 0 Å². The lowest BCUT2D eigenvalue weighted by atomic mass is 9.96. The Morgan fingerprint density at radius 2 is 2.04 bits per heavy atom. The highest BCUT2D eigenvalue weighted by molar-refractivity contribution is 7.13. The number of benzene rings is 1. The molecule has 3 heterocycles. The Kier molecular flexibility index (Phi) is 4.53. The Hall–Kier alpha value is -2.21. The maximum atomic E-state index is 12.9. The number of hydrogen-bond donors (Lipinski definition) is 1. The summed E-state index contributed by atoms with van der Waals surface area (Å²) in [4.78, 5) is 28.5. The quantitative estimate of drug-likeness (QED) is 0.753. The lowest BCUT2D eigenvalue weighted by Gasteiger charge is -2.31. The summed E-state index contributed by atoms with van der Waals surface area (Å²) in [5, 5.41) is 0.970. The largest absolute Gasteiger partial charge is 0.342 e. The standard InChI is InChI=1S/C20H24N4OS/c1-4-15-18(26-13(3)21-15)20(25)24-10-8-14(9-11-24)19-22-16-7-5-6-12(2)17(16)23-19/h5-7,14H,4,8-11H2,1-3H3,(H,22,23). The minimum atomic E-state index is 0.145. The summed E-state index contributed by atoms with van der Waals surface area (Å²) >= 11 is 1.52. The van der Waals surface area contributed by atoms with E-state index in [0.717, 1.165) is 64.8 Å². The number of fused-ring (bicyclic) bond motifs is 1. The number of nitrogens with one attached hydrogen (secondary N) is 1. The van der Waals surface area contributed by atoms with E-state index >= 15 is 0 Å². The number of imidazole rings is 1. The van der Waals surface area contributed by atoms with Crippen LogP contribution < -0.4 is 0 Å². The fourth-order valence-electron chi connectivity index (χ4n) is 3.76. The highest BCUT2D eigenvalue weighted by Gasteiger charge is 2.28. The van der Waals surface area contributed by atoms with Crippen molar-refractivity contribution in [1.82, 2.24) is 19.9 Å². The Morgan fingerprint density at radius 1 is 1.27 bits per heavy atom. The van der Waals surface area contributed by atoms with Crippen LogP contribution in [0.15, 0.2) is 18.2 Å². The van der Waals surface area contributed by atoms with Crippen molar-refractivity contribution in [2.45, 2.75) is 46.0 Å². The topological polar surface area (TPSA) is 61.9 Å². The van der Waals surface area contributed by atoms with Crippen molar-refractivity contribution in [3.63, 3.8) is 0 Å². The molecular weight excluding hydrogens is 344 g/mol.